The van der Waals surface area contributed by atoms with Gasteiger partial charge in [-0.1, -0.05) is 20.8 Å². The van der Waals surface area contributed by atoms with Gasteiger partial charge in [-0.05, 0) is 120 Å². The fraction of sp³-hybridized carbons (Fsp3) is 0.800. The van der Waals surface area contributed by atoms with E-state index in [9.17, 15) is 39.9 Å². The minimum atomic E-state index is -1.85. The van der Waals surface area contributed by atoms with Crippen LogP contribution in [0.1, 0.15) is 124 Å². The lowest BCUT2D eigenvalue weighted by molar-refractivity contribution is -0.320. The Morgan fingerprint density at radius 3 is 2.26 bits per heavy atom. The molecule has 4 aliphatic rings. The molecule has 4 heterocycles. The summed E-state index contributed by atoms with van der Waals surface area (Å²) in [6.07, 6.45) is -5.22. The Hall–Kier alpha value is -3.42. The van der Waals surface area contributed by atoms with Gasteiger partial charge >= 0.3 is 11.9 Å². The van der Waals surface area contributed by atoms with Crippen LogP contribution in [-0.4, -0.2) is 203 Å². The average Bonchev–Trinajstić information content (AvgIpc) is 4.20. The Kier molecular flexibility index (Phi) is 20.6. The van der Waals surface area contributed by atoms with Crippen LogP contribution in [0.15, 0.2) is 23.1 Å². The molecule has 2 aromatic rings. The van der Waals surface area contributed by atoms with Crippen molar-refractivity contribution in [3.63, 3.8) is 0 Å². The van der Waals surface area contributed by atoms with Crippen LogP contribution in [0.5, 0.6) is 0 Å². The second-order valence-electron chi connectivity index (χ2n) is 23.4. The molecule has 21 heteroatoms. The zero-order valence-electron chi connectivity index (χ0n) is 47.3. The second kappa shape index (κ2) is 25.4. The summed E-state index contributed by atoms with van der Waals surface area (Å²) in [7, 11) is 7.17. The van der Waals surface area contributed by atoms with Crippen LogP contribution < -0.4 is 16.1 Å². The predicted octanol–water partition coefficient (Wildman–Crippen LogP) is 4.11. The molecule has 3 saturated heterocycles. The van der Waals surface area contributed by atoms with Gasteiger partial charge in [-0.15, -0.1) is 0 Å². The Bertz CT molecular complexity index is 2340. The number of ether oxygens (including phenoxy) is 7. The number of aromatic carboxylic acids is 1. The Labute approximate surface area is 447 Å². The zero-order valence-corrected chi connectivity index (χ0v) is 47.3. The van der Waals surface area contributed by atoms with Gasteiger partial charge in [0.2, 0.25) is 5.43 Å². The van der Waals surface area contributed by atoms with Crippen molar-refractivity contribution in [3.8, 4) is 0 Å². The number of nitrogens with zero attached hydrogens (tertiary/aromatic N) is 3. The number of aromatic nitrogens is 1. The first-order valence-corrected chi connectivity index (χ1v) is 27.3. The number of cyclic esters (lactones) is 1. The van der Waals surface area contributed by atoms with E-state index in [4.69, 9.17) is 33.2 Å². The summed E-state index contributed by atoms with van der Waals surface area (Å²) < 4.78 is 62.5. The van der Waals surface area contributed by atoms with Gasteiger partial charge < -0.3 is 83.7 Å². The molecule has 7 N–H and O–H groups in total. The number of hydrogen-bond acceptors (Lipinski definition) is 18. The third kappa shape index (κ3) is 13.9. The van der Waals surface area contributed by atoms with Crippen molar-refractivity contribution in [1.29, 1.82) is 0 Å². The van der Waals surface area contributed by atoms with Crippen molar-refractivity contribution in [2.75, 3.05) is 66.4 Å². The van der Waals surface area contributed by atoms with Gasteiger partial charge in [0.25, 0.3) is 0 Å². The maximum atomic E-state index is 15.3. The molecule has 3 aliphatic heterocycles. The van der Waals surface area contributed by atoms with Gasteiger partial charge in [0, 0.05) is 75.3 Å². The monoisotopic (exact) mass is 1080 g/mol. The van der Waals surface area contributed by atoms with E-state index in [0.29, 0.717) is 38.1 Å². The Balaban J connectivity index is 1.18. The highest BCUT2D eigenvalue weighted by molar-refractivity contribution is 5.93. The fourth-order valence-corrected chi connectivity index (χ4v) is 12.0. The average molecular weight is 1080 g/mol. The number of esters is 1. The van der Waals surface area contributed by atoms with Crippen LogP contribution in [0.3, 0.4) is 0 Å². The van der Waals surface area contributed by atoms with Crippen molar-refractivity contribution in [2.45, 2.75) is 204 Å². The number of carbonyl (C=O) groups excluding carboxylic acids is 1. The molecule has 4 fully saturated rings. The maximum Gasteiger partial charge on any atom is 0.341 e. The van der Waals surface area contributed by atoms with E-state index in [1.807, 2.05) is 65.6 Å². The molecule has 1 aliphatic carbocycles. The molecule has 0 unspecified atom stereocenters. The molecule has 1 aromatic carbocycles. The minimum Gasteiger partial charge on any atom is -0.477 e. The maximum absolute atomic E-state index is 15.3. The van der Waals surface area contributed by atoms with Crippen LogP contribution in [0.25, 0.3) is 10.9 Å². The van der Waals surface area contributed by atoms with Crippen LogP contribution in [-0.2, 0) is 38.0 Å². The van der Waals surface area contributed by atoms with Crippen molar-refractivity contribution in [2.24, 2.45) is 17.8 Å². The summed E-state index contributed by atoms with van der Waals surface area (Å²) in [4.78, 5) is 43.1. The molecule has 0 amide bonds. The molecule has 0 bridgehead atoms. The van der Waals surface area contributed by atoms with Crippen molar-refractivity contribution < 1.29 is 72.7 Å². The first kappa shape index (κ1) is 61.8. The highest BCUT2D eigenvalue weighted by atomic mass is 19.1. The number of likely N-dealkylation sites (N-methyl/N-ethyl adjacent to an activating group) is 2. The third-order valence-electron chi connectivity index (χ3n) is 16.7. The van der Waals surface area contributed by atoms with Gasteiger partial charge in [-0.3, -0.25) is 9.59 Å². The van der Waals surface area contributed by atoms with Crippen LogP contribution in [0.4, 0.5) is 10.1 Å². The number of carboxylic acids is 1. The van der Waals surface area contributed by atoms with Gasteiger partial charge in [0.15, 0.2) is 12.6 Å². The van der Waals surface area contributed by atoms with Gasteiger partial charge in [0.1, 0.15) is 41.4 Å². The summed E-state index contributed by atoms with van der Waals surface area (Å²) in [5, 5.41) is 64.1. The van der Waals surface area contributed by atoms with E-state index < -0.39 is 113 Å². The number of fused-ring (bicyclic) bond motifs is 1. The molecule has 6 rings (SSSR count). The predicted molar refractivity (Wildman–Crippen MR) is 283 cm³/mol. The summed E-state index contributed by atoms with van der Waals surface area (Å²) >= 11 is 0. The number of rotatable bonds is 17. The molecule has 0 radical (unpaired) electrons. The number of carbonyl (C=O) groups is 2. The normalized spacial score (nSPS) is 38.6. The first-order valence-electron chi connectivity index (χ1n) is 27.3. The van der Waals surface area contributed by atoms with E-state index >= 15 is 4.39 Å². The van der Waals surface area contributed by atoms with E-state index in [1.165, 1.54) is 13.1 Å². The van der Waals surface area contributed by atoms with Crippen molar-refractivity contribution in [3.05, 3.63) is 39.9 Å². The van der Waals surface area contributed by atoms with Crippen molar-refractivity contribution in [1.82, 2.24) is 19.7 Å². The Morgan fingerprint density at radius 2 is 1.64 bits per heavy atom. The number of anilines is 1. The molecule has 76 heavy (non-hydrogen) atoms. The zero-order chi connectivity index (χ0) is 56.4. The smallest absolute Gasteiger partial charge is 0.341 e. The molecule has 20 nitrogen and oxygen atoms in total. The third-order valence-corrected chi connectivity index (χ3v) is 16.7. The first-order chi connectivity index (χ1) is 35.6. The molecule has 0 spiro atoms. The van der Waals surface area contributed by atoms with Crippen LogP contribution in [0.2, 0.25) is 0 Å². The lowest BCUT2D eigenvalue weighted by Crippen LogP contribution is -2.61. The number of aliphatic hydroxyl groups excluding tert-OH is 2. The standard InChI is InChI=1S/C55H90FN5O15/c1-15-42-55(10,69)47(64)33(6)60(13)27-29(2)25-53(8,68)48(76-52-45(63)41(59(11)12)22-30(3)72-52)31(4)46(32(5)51(67)74-42)75-43-26-54(9,70-14)49(34(7)73-43)71-21-20-57-18-19-58-39-24-40-36(23-38(39)56)44(62)37(50(65)66)28-61(40)35-16-17-35/h23-24,28-35,41-43,45-49,52,57-58,63-64,68-69H,15-22,25-27H2,1-14H3,(H,65,66)/t29-,30-,31+,32-,33-,34+,41+,42-,43+,45-,46+,47-,48-,49+,52+,53-,54-,55-/m1/s1. The number of hydrogen-bond donors (Lipinski definition) is 7. The molecule has 432 valence electrons. The number of halogens is 1. The largest absolute Gasteiger partial charge is 0.477 e. The summed E-state index contributed by atoms with van der Waals surface area (Å²) in [6.45, 7) is 19.6. The topological polar surface area (TPSA) is 252 Å². The molecule has 1 saturated carbocycles. The fourth-order valence-electron chi connectivity index (χ4n) is 12.0. The molecular formula is C55H90FN5O15. The summed E-state index contributed by atoms with van der Waals surface area (Å²) in [5.41, 5.74) is -4.89. The van der Waals surface area contributed by atoms with Gasteiger partial charge in [-0.2, -0.15) is 0 Å². The SMILES string of the molecule is CC[C@H]1OC(=O)[C@H](C)[C@@H](O[C@H]2C[C@@](C)(OC)[C@@H](OCCNCCNc3cc4c(cc3F)c(=O)c(C(=O)O)cn4C3CC3)[C@H](C)O2)[C@H](C)[C@@H](O[C@@H]2O[C@H](C)C[C@H](N(C)C)[C@H]2O)[C@](C)(O)C[C@@H](C)CN(C)[C@H](C)[C@@H](O)[C@]1(C)O. The highest BCUT2D eigenvalue weighted by Crippen LogP contribution is 2.42. The van der Waals surface area contributed by atoms with Crippen molar-refractivity contribution >= 4 is 28.5 Å². The quantitative estimate of drug-likeness (QED) is 0.0870. The molecule has 18 atom stereocenters. The van der Waals surface area contributed by atoms with E-state index in [1.54, 1.807) is 45.4 Å². The van der Waals surface area contributed by atoms with E-state index in [0.717, 1.165) is 18.9 Å². The highest BCUT2D eigenvalue weighted by Gasteiger charge is 2.53. The Morgan fingerprint density at radius 1 is 0.961 bits per heavy atom. The number of carboxylic acid groups (broad SMARTS) is 1. The van der Waals surface area contributed by atoms with E-state index in [2.05, 4.69) is 10.6 Å². The minimum absolute atomic E-state index is 0.0204. The second-order valence-corrected chi connectivity index (χ2v) is 23.4. The molecular weight excluding hydrogens is 990 g/mol. The summed E-state index contributed by atoms with van der Waals surface area (Å²) in [6, 6.07) is 1.81. The lowest BCUT2D eigenvalue weighted by atomic mass is 9.77. The number of benzene rings is 1. The van der Waals surface area contributed by atoms with Gasteiger partial charge in [0.05, 0.1) is 59.3 Å². The number of methoxy groups -OCH3 is 1. The molecule has 1 aromatic heterocycles. The van der Waals surface area contributed by atoms with Crippen LogP contribution >= 0.6 is 0 Å². The lowest BCUT2D eigenvalue weighted by Gasteiger charge is -2.49. The number of nitrogens with one attached hydrogen (secondary N) is 2. The van der Waals surface area contributed by atoms with E-state index in [-0.39, 0.29) is 66.6 Å². The number of aliphatic hydroxyl groups is 4. The summed E-state index contributed by atoms with van der Waals surface area (Å²) in [5.74, 6) is -4.79. The van der Waals surface area contributed by atoms with Crippen LogP contribution in [0, 0.1) is 23.6 Å². The number of pyridine rings is 1. The van der Waals surface area contributed by atoms with Gasteiger partial charge in [-0.25, -0.2) is 9.18 Å².